The fourth-order valence-corrected chi connectivity index (χ4v) is 4.77. The average Bonchev–Trinajstić information content (AvgIpc) is 3.27. The summed E-state index contributed by atoms with van der Waals surface area (Å²) in [6, 6.07) is 15.4. The van der Waals surface area contributed by atoms with E-state index in [4.69, 9.17) is 11.3 Å². The number of hydrogen-bond acceptors (Lipinski definition) is 5. The van der Waals surface area contributed by atoms with Gasteiger partial charge in [0.1, 0.15) is 5.60 Å². The van der Waals surface area contributed by atoms with Gasteiger partial charge in [-0.2, -0.15) is 10.2 Å². The molecule has 0 bridgehead atoms. The zero-order chi connectivity index (χ0) is 27.9. The monoisotopic (exact) mass is 520 g/mol. The van der Waals surface area contributed by atoms with E-state index in [0.717, 1.165) is 38.7 Å². The van der Waals surface area contributed by atoms with Gasteiger partial charge in [-0.1, -0.05) is 36.4 Å². The van der Waals surface area contributed by atoms with E-state index in [1.807, 2.05) is 56.4 Å². The molecular weight excluding hydrogens is 492 g/mol. The topological polar surface area (TPSA) is 106 Å². The molecule has 2 aromatic heterocycles. The standard InChI is InChI=1S/C30H28N6O3/c1-17-8-7-9-20-19(17)12-13-22(26(20)31-5)27-24(15-33-36(27)6)18-10-11-21-23(14-18)25(34-35-28(21)37)16-32-29(38)39-30(2,3)4/h7-15H,16H2,1-4,6H3,(H,32,38)(H,35,37). The van der Waals surface area contributed by atoms with Crippen LogP contribution in [0.15, 0.2) is 59.5 Å². The number of carbonyl (C=O) groups excluding carboxylic acids is 1. The van der Waals surface area contributed by atoms with E-state index in [0.29, 0.717) is 22.2 Å². The maximum absolute atomic E-state index is 12.6. The van der Waals surface area contributed by atoms with Crippen LogP contribution in [0.2, 0.25) is 0 Å². The lowest BCUT2D eigenvalue weighted by Crippen LogP contribution is -2.32. The summed E-state index contributed by atoms with van der Waals surface area (Å²) in [5.41, 5.74) is 4.36. The first-order valence-corrected chi connectivity index (χ1v) is 12.5. The summed E-state index contributed by atoms with van der Waals surface area (Å²) < 4.78 is 7.09. The highest BCUT2D eigenvalue weighted by atomic mass is 16.6. The summed E-state index contributed by atoms with van der Waals surface area (Å²) in [6.45, 7) is 15.4. The first-order chi connectivity index (χ1) is 18.6. The Balaban J connectivity index is 1.62. The summed E-state index contributed by atoms with van der Waals surface area (Å²) >= 11 is 0. The molecule has 1 amide bonds. The summed E-state index contributed by atoms with van der Waals surface area (Å²) in [5, 5.41) is 16.9. The number of hydrogen-bond donors (Lipinski definition) is 2. The summed E-state index contributed by atoms with van der Waals surface area (Å²) in [7, 11) is 1.84. The van der Waals surface area contributed by atoms with Crippen LogP contribution in [0.1, 0.15) is 32.0 Å². The van der Waals surface area contributed by atoms with E-state index in [9.17, 15) is 9.59 Å². The maximum Gasteiger partial charge on any atom is 0.407 e. The van der Waals surface area contributed by atoms with Crippen LogP contribution in [0.25, 0.3) is 48.8 Å². The third-order valence-corrected chi connectivity index (χ3v) is 6.53. The number of amides is 1. The molecular formula is C30H28N6O3. The van der Waals surface area contributed by atoms with E-state index in [2.05, 4.69) is 25.5 Å². The molecule has 0 atom stereocenters. The Kier molecular flexibility index (Phi) is 6.40. The second-order valence-electron chi connectivity index (χ2n) is 10.4. The highest BCUT2D eigenvalue weighted by molar-refractivity contribution is 6.05. The first kappa shape index (κ1) is 25.7. The van der Waals surface area contributed by atoms with Gasteiger partial charge in [0.15, 0.2) is 0 Å². The number of rotatable bonds is 4. The molecule has 196 valence electrons. The number of carbonyl (C=O) groups is 1. The summed E-state index contributed by atoms with van der Waals surface area (Å²) in [6.07, 6.45) is 1.18. The van der Waals surface area contributed by atoms with Gasteiger partial charge in [-0.3, -0.25) is 9.48 Å². The second kappa shape index (κ2) is 9.72. The van der Waals surface area contributed by atoms with Crippen molar-refractivity contribution in [2.45, 2.75) is 39.8 Å². The van der Waals surface area contributed by atoms with Crippen LogP contribution in [-0.4, -0.2) is 31.7 Å². The smallest absolute Gasteiger partial charge is 0.407 e. The van der Waals surface area contributed by atoms with Crippen molar-refractivity contribution in [1.82, 2.24) is 25.3 Å². The number of nitrogens with zero attached hydrogens (tertiary/aromatic N) is 4. The second-order valence-corrected chi connectivity index (χ2v) is 10.4. The fourth-order valence-electron chi connectivity index (χ4n) is 4.77. The summed E-state index contributed by atoms with van der Waals surface area (Å²) in [5.74, 6) is 0. The normalized spacial score (nSPS) is 11.5. The van der Waals surface area contributed by atoms with Gasteiger partial charge >= 0.3 is 6.09 Å². The molecule has 0 unspecified atom stereocenters. The van der Waals surface area contributed by atoms with E-state index >= 15 is 0 Å². The van der Waals surface area contributed by atoms with Crippen LogP contribution in [0, 0.1) is 13.5 Å². The zero-order valence-electron chi connectivity index (χ0n) is 22.4. The van der Waals surface area contributed by atoms with Crippen LogP contribution >= 0.6 is 0 Å². The number of benzene rings is 3. The Labute approximate surface area is 225 Å². The minimum atomic E-state index is -0.639. The number of aromatic nitrogens is 4. The van der Waals surface area contributed by atoms with Crippen molar-refractivity contribution >= 4 is 33.3 Å². The quantitative estimate of drug-likeness (QED) is 0.282. The van der Waals surface area contributed by atoms with E-state index in [-0.39, 0.29) is 12.1 Å². The lowest BCUT2D eigenvalue weighted by molar-refractivity contribution is 0.0523. The molecule has 9 heteroatoms. The van der Waals surface area contributed by atoms with E-state index in [1.54, 1.807) is 37.7 Å². The third-order valence-electron chi connectivity index (χ3n) is 6.53. The fraction of sp³-hybridized carbons (Fsp3) is 0.233. The van der Waals surface area contributed by atoms with Crippen LogP contribution in [0.3, 0.4) is 0 Å². The average molecular weight is 521 g/mol. The van der Waals surface area contributed by atoms with E-state index in [1.165, 1.54) is 0 Å². The highest BCUT2D eigenvalue weighted by Gasteiger charge is 2.20. The molecule has 0 fully saturated rings. The minimum absolute atomic E-state index is 0.0669. The molecule has 0 aliphatic heterocycles. The number of nitrogens with one attached hydrogen (secondary N) is 2. The Morgan fingerprint density at radius 1 is 1.08 bits per heavy atom. The van der Waals surface area contributed by atoms with Gasteiger partial charge in [0.25, 0.3) is 5.56 Å². The van der Waals surface area contributed by atoms with Gasteiger partial charge in [0, 0.05) is 23.6 Å². The van der Waals surface area contributed by atoms with Crippen molar-refractivity contribution in [2.75, 3.05) is 0 Å². The Morgan fingerprint density at radius 2 is 1.85 bits per heavy atom. The zero-order valence-corrected chi connectivity index (χ0v) is 22.4. The molecule has 5 rings (SSSR count). The number of aromatic amines is 1. The van der Waals surface area contributed by atoms with Crippen LogP contribution in [0.4, 0.5) is 10.5 Å². The third kappa shape index (κ3) is 4.84. The lowest BCUT2D eigenvalue weighted by Gasteiger charge is -2.19. The Hall–Kier alpha value is -4.97. The molecule has 2 heterocycles. The molecule has 0 saturated carbocycles. The van der Waals surface area contributed by atoms with Crippen molar-refractivity contribution in [3.63, 3.8) is 0 Å². The van der Waals surface area contributed by atoms with Crippen molar-refractivity contribution in [1.29, 1.82) is 0 Å². The SMILES string of the molecule is [C-]#[N+]c1c(-c2c(-c3ccc4c(=O)[nH]nc(CNC(=O)OC(C)(C)C)c4c3)cnn2C)ccc2c(C)cccc12. The summed E-state index contributed by atoms with van der Waals surface area (Å²) in [4.78, 5) is 28.7. The molecule has 5 aromatic rings. The van der Waals surface area contributed by atoms with Gasteiger partial charge < -0.3 is 10.1 Å². The first-order valence-electron chi connectivity index (χ1n) is 12.5. The maximum atomic E-state index is 12.6. The van der Waals surface area contributed by atoms with Crippen LogP contribution in [-0.2, 0) is 18.3 Å². The molecule has 39 heavy (non-hydrogen) atoms. The molecule has 9 nitrogen and oxygen atoms in total. The van der Waals surface area contributed by atoms with Gasteiger partial charge in [-0.05, 0) is 61.7 Å². The predicted octanol–water partition coefficient (Wildman–Crippen LogP) is 6.03. The molecule has 0 saturated heterocycles. The highest BCUT2D eigenvalue weighted by Crippen LogP contribution is 2.42. The molecule has 0 radical (unpaired) electrons. The minimum Gasteiger partial charge on any atom is -0.444 e. The number of H-pyrrole nitrogens is 1. The van der Waals surface area contributed by atoms with Gasteiger partial charge in [0.05, 0.1) is 36.1 Å². The van der Waals surface area contributed by atoms with Crippen molar-refractivity contribution in [2.24, 2.45) is 7.05 Å². The Bertz CT molecular complexity index is 1850. The number of ether oxygens (including phenoxy) is 1. The lowest BCUT2D eigenvalue weighted by atomic mass is 9.95. The van der Waals surface area contributed by atoms with Crippen LogP contribution < -0.4 is 10.9 Å². The number of alkyl carbamates (subject to hydrolysis) is 1. The molecule has 3 aromatic carbocycles. The van der Waals surface area contributed by atoms with Gasteiger partial charge in [0.2, 0.25) is 5.69 Å². The van der Waals surface area contributed by atoms with Crippen molar-refractivity contribution < 1.29 is 9.53 Å². The molecule has 0 aliphatic carbocycles. The molecule has 0 spiro atoms. The molecule has 2 N–H and O–H groups in total. The Morgan fingerprint density at radius 3 is 2.59 bits per heavy atom. The number of fused-ring (bicyclic) bond motifs is 2. The predicted molar refractivity (Wildman–Crippen MR) is 152 cm³/mol. The van der Waals surface area contributed by atoms with Gasteiger partial charge in [-0.15, -0.1) is 0 Å². The largest absolute Gasteiger partial charge is 0.444 e. The van der Waals surface area contributed by atoms with E-state index < -0.39 is 11.7 Å². The van der Waals surface area contributed by atoms with Crippen molar-refractivity contribution in [3.8, 4) is 22.4 Å². The number of aryl methyl sites for hydroxylation is 2. The van der Waals surface area contributed by atoms with Crippen LogP contribution in [0.5, 0.6) is 0 Å². The van der Waals surface area contributed by atoms with Gasteiger partial charge in [-0.25, -0.2) is 14.7 Å². The molecule has 0 aliphatic rings. The van der Waals surface area contributed by atoms with Crippen molar-refractivity contribution in [3.05, 3.63) is 87.8 Å².